The van der Waals surface area contributed by atoms with E-state index in [0.717, 1.165) is 12.8 Å². The van der Waals surface area contributed by atoms with Gasteiger partial charge >= 0.3 is 0 Å². The fraction of sp³-hybridized carbons (Fsp3) is 0.400. The molecule has 26 heavy (non-hydrogen) atoms. The van der Waals surface area contributed by atoms with E-state index in [0.29, 0.717) is 37.0 Å². The van der Waals surface area contributed by atoms with E-state index < -0.39 is 0 Å². The zero-order chi connectivity index (χ0) is 18.4. The molecule has 1 aromatic heterocycles. The standard InChI is InChI=1S/C20H22FN3O2/c21-19-7-2-1-5-16(19)13-24(17-8-9-17)15-20(25)23(11-4-10-22)14-18-6-3-12-26-18/h1-3,5-7,12,17H,4,8-9,11,13-15H2. The third kappa shape index (κ3) is 4.93. The monoisotopic (exact) mass is 355 g/mol. The Morgan fingerprint density at radius 2 is 2.04 bits per heavy atom. The van der Waals surface area contributed by atoms with Crippen molar-refractivity contribution in [2.24, 2.45) is 0 Å². The van der Waals surface area contributed by atoms with Crippen molar-refractivity contribution < 1.29 is 13.6 Å². The van der Waals surface area contributed by atoms with Crippen molar-refractivity contribution in [1.29, 1.82) is 5.26 Å². The minimum atomic E-state index is -0.248. The van der Waals surface area contributed by atoms with Crippen LogP contribution in [-0.2, 0) is 17.9 Å². The first-order valence-corrected chi connectivity index (χ1v) is 8.82. The fourth-order valence-corrected chi connectivity index (χ4v) is 2.94. The maximum Gasteiger partial charge on any atom is 0.237 e. The molecule has 0 spiro atoms. The number of hydrogen-bond donors (Lipinski definition) is 0. The second-order valence-electron chi connectivity index (χ2n) is 6.53. The first-order chi connectivity index (χ1) is 12.7. The van der Waals surface area contributed by atoms with Crippen molar-refractivity contribution in [2.45, 2.75) is 38.4 Å². The van der Waals surface area contributed by atoms with Crippen LogP contribution in [0.1, 0.15) is 30.6 Å². The molecule has 0 bridgehead atoms. The number of amides is 1. The number of nitrogens with zero attached hydrogens (tertiary/aromatic N) is 3. The highest BCUT2D eigenvalue weighted by atomic mass is 19.1. The van der Waals surface area contributed by atoms with E-state index in [1.165, 1.54) is 6.07 Å². The summed E-state index contributed by atoms with van der Waals surface area (Å²) in [6.45, 7) is 1.32. The summed E-state index contributed by atoms with van der Waals surface area (Å²) in [4.78, 5) is 16.5. The van der Waals surface area contributed by atoms with Crippen LogP contribution >= 0.6 is 0 Å². The van der Waals surface area contributed by atoms with Crippen molar-refractivity contribution in [3.8, 4) is 6.07 Å². The number of hydrogen-bond acceptors (Lipinski definition) is 4. The third-order valence-corrected chi connectivity index (χ3v) is 4.51. The van der Waals surface area contributed by atoms with Crippen LogP contribution in [0, 0.1) is 17.1 Å². The molecular weight excluding hydrogens is 333 g/mol. The molecule has 2 aromatic rings. The number of carbonyl (C=O) groups excluding carboxylic acids is 1. The molecular formula is C20H22FN3O2. The average molecular weight is 355 g/mol. The summed E-state index contributed by atoms with van der Waals surface area (Å²) in [6.07, 6.45) is 3.89. The van der Waals surface area contributed by atoms with Crippen molar-refractivity contribution in [3.63, 3.8) is 0 Å². The highest BCUT2D eigenvalue weighted by molar-refractivity contribution is 5.78. The Morgan fingerprint density at radius 3 is 2.69 bits per heavy atom. The Bertz CT molecular complexity index is 766. The number of nitriles is 1. The number of furan rings is 1. The summed E-state index contributed by atoms with van der Waals surface area (Å²) < 4.78 is 19.3. The predicted octanol–water partition coefficient (Wildman–Crippen LogP) is 3.33. The topological polar surface area (TPSA) is 60.5 Å². The maximum absolute atomic E-state index is 14.0. The normalized spacial score (nSPS) is 13.6. The van der Waals surface area contributed by atoms with Gasteiger partial charge in [-0.2, -0.15) is 5.26 Å². The van der Waals surface area contributed by atoms with Gasteiger partial charge in [0.2, 0.25) is 5.91 Å². The number of carbonyl (C=O) groups is 1. The highest BCUT2D eigenvalue weighted by Crippen LogP contribution is 2.28. The van der Waals surface area contributed by atoms with Gasteiger partial charge < -0.3 is 9.32 Å². The molecule has 6 heteroatoms. The molecule has 0 unspecified atom stereocenters. The molecule has 1 aromatic carbocycles. The van der Waals surface area contributed by atoms with Crippen LogP contribution in [0.15, 0.2) is 47.1 Å². The molecule has 1 aliphatic rings. The molecule has 1 amide bonds. The minimum Gasteiger partial charge on any atom is -0.467 e. The second-order valence-corrected chi connectivity index (χ2v) is 6.53. The molecule has 0 radical (unpaired) electrons. The van der Waals surface area contributed by atoms with Crippen molar-refractivity contribution >= 4 is 5.91 Å². The first-order valence-electron chi connectivity index (χ1n) is 8.82. The maximum atomic E-state index is 14.0. The molecule has 136 valence electrons. The summed E-state index contributed by atoms with van der Waals surface area (Å²) in [6, 6.07) is 12.7. The van der Waals surface area contributed by atoms with Crippen LogP contribution in [0.3, 0.4) is 0 Å². The smallest absolute Gasteiger partial charge is 0.237 e. The van der Waals surface area contributed by atoms with E-state index in [1.54, 1.807) is 35.4 Å². The molecule has 1 aliphatic carbocycles. The summed E-state index contributed by atoms with van der Waals surface area (Å²) >= 11 is 0. The summed E-state index contributed by atoms with van der Waals surface area (Å²) in [5.74, 6) is 0.366. The van der Waals surface area contributed by atoms with Gasteiger partial charge in [0.25, 0.3) is 0 Å². The van der Waals surface area contributed by atoms with E-state index in [4.69, 9.17) is 9.68 Å². The van der Waals surface area contributed by atoms with Crippen LogP contribution in [0.5, 0.6) is 0 Å². The van der Waals surface area contributed by atoms with E-state index >= 15 is 0 Å². The Morgan fingerprint density at radius 1 is 1.23 bits per heavy atom. The van der Waals surface area contributed by atoms with Gasteiger partial charge in [-0.3, -0.25) is 9.69 Å². The van der Waals surface area contributed by atoms with Crippen LogP contribution in [-0.4, -0.2) is 34.8 Å². The van der Waals surface area contributed by atoms with Gasteiger partial charge in [-0.15, -0.1) is 0 Å². The van der Waals surface area contributed by atoms with Crippen molar-refractivity contribution in [3.05, 3.63) is 59.8 Å². The second kappa shape index (κ2) is 8.63. The lowest BCUT2D eigenvalue weighted by Gasteiger charge is -2.26. The third-order valence-electron chi connectivity index (χ3n) is 4.51. The fourth-order valence-electron chi connectivity index (χ4n) is 2.94. The van der Waals surface area contributed by atoms with E-state index in [9.17, 15) is 9.18 Å². The summed E-state index contributed by atoms with van der Waals surface area (Å²) in [7, 11) is 0. The van der Waals surface area contributed by atoms with Crippen LogP contribution in [0.4, 0.5) is 4.39 Å². The average Bonchev–Trinajstić information content (AvgIpc) is 3.36. The quantitative estimate of drug-likeness (QED) is 0.692. The van der Waals surface area contributed by atoms with Gasteiger partial charge in [0.05, 0.1) is 31.8 Å². The van der Waals surface area contributed by atoms with Gasteiger partial charge in [-0.05, 0) is 31.0 Å². The first kappa shape index (κ1) is 18.2. The molecule has 3 rings (SSSR count). The van der Waals surface area contributed by atoms with Gasteiger partial charge in [-0.1, -0.05) is 18.2 Å². The number of halogens is 1. The van der Waals surface area contributed by atoms with Gasteiger partial charge in [0.1, 0.15) is 11.6 Å². The summed E-state index contributed by atoms with van der Waals surface area (Å²) in [5.41, 5.74) is 0.599. The molecule has 0 aliphatic heterocycles. The largest absolute Gasteiger partial charge is 0.467 e. The lowest BCUT2D eigenvalue weighted by Crippen LogP contribution is -2.41. The van der Waals surface area contributed by atoms with Gasteiger partial charge in [-0.25, -0.2) is 4.39 Å². The lowest BCUT2D eigenvalue weighted by atomic mass is 10.2. The van der Waals surface area contributed by atoms with Gasteiger partial charge in [0, 0.05) is 24.7 Å². The Labute approximate surface area is 152 Å². The van der Waals surface area contributed by atoms with Crippen LogP contribution in [0.25, 0.3) is 0 Å². The van der Waals surface area contributed by atoms with Crippen LogP contribution in [0.2, 0.25) is 0 Å². The molecule has 0 N–H and O–H groups in total. The SMILES string of the molecule is N#CCCN(Cc1ccco1)C(=O)CN(Cc1ccccc1F)C1CC1. The molecule has 1 fully saturated rings. The van der Waals surface area contributed by atoms with E-state index in [1.807, 2.05) is 11.0 Å². The zero-order valence-corrected chi connectivity index (χ0v) is 14.6. The lowest BCUT2D eigenvalue weighted by molar-refractivity contribution is -0.133. The Kier molecular flexibility index (Phi) is 6.03. The highest BCUT2D eigenvalue weighted by Gasteiger charge is 2.32. The zero-order valence-electron chi connectivity index (χ0n) is 14.6. The van der Waals surface area contributed by atoms with Crippen LogP contribution < -0.4 is 0 Å². The van der Waals surface area contributed by atoms with E-state index in [-0.39, 0.29) is 24.7 Å². The minimum absolute atomic E-state index is 0.0695. The number of rotatable bonds is 9. The number of benzene rings is 1. The molecule has 1 saturated carbocycles. The van der Waals surface area contributed by atoms with E-state index in [2.05, 4.69) is 6.07 Å². The Hall–Kier alpha value is -2.65. The molecule has 0 saturated heterocycles. The predicted molar refractivity (Wildman–Crippen MR) is 94.2 cm³/mol. The summed E-state index contributed by atoms with van der Waals surface area (Å²) in [5, 5.41) is 8.87. The van der Waals surface area contributed by atoms with Crippen molar-refractivity contribution in [2.75, 3.05) is 13.1 Å². The molecule has 5 nitrogen and oxygen atoms in total. The molecule has 0 atom stereocenters. The molecule has 1 heterocycles. The van der Waals surface area contributed by atoms with Gasteiger partial charge in [0.15, 0.2) is 0 Å². The van der Waals surface area contributed by atoms with Crippen molar-refractivity contribution in [1.82, 2.24) is 9.80 Å². The Balaban J connectivity index is 1.66.